The maximum Gasteiger partial charge on any atom is 0.355 e. The van der Waals surface area contributed by atoms with Crippen molar-refractivity contribution in [1.82, 2.24) is 40.0 Å². The van der Waals surface area contributed by atoms with Crippen molar-refractivity contribution in [3.8, 4) is 28.1 Å². The molecule has 2 saturated heterocycles. The number of aliphatic hydroxyl groups is 2. The fourth-order valence-electron chi connectivity index (χ4n) is 10.1. The third kappa shape index (κ3) is 10.0. The molecule has 68 heavy (non-hydrogen) atoms. The Morgan fingerprint density at radius 3 is 2.49 bits per heavy atom. The van der Waals surface area contributed by atoms with Crippen LogP contribution < -0.4 is 10.7 Å². The number of likely N-dealkylation sites (tertiary alicyclic amines) is 1. The minimum Gasteiger partial charge on any atom is -0.508 e. The van der Waals surface area contributed by atoms with Gasteiger partial charge in [-0.3, -0.25) is 29.2 Å². The highest BCUT2D eigenvalue weighted by atomic mass is 16.6. The van der Waals surface area contributed by atoms with Crippen molar-refractivity contribution in [3.63, 3.8) is 0 Å². The molecule has 0 unspecified atom stereocenters. The average molecular weight is 935 g/mol. The van der Waals surface area contributed by atoms with Crippen LogP contribution in [0.15, 0.2) is 67.4 Å². The number of aromatic hydroxyl groups is 1. The summed E-state index contributed by atoms with van der Waals surface area (Å²) >= 11 is 0. The van der Waals surface area contributed by atoms with Crippen LogP contribution >= 0.6 is 0 Å². The van der Waals surface area contributed by atoms with Crippen molar-refractivity contribution in [1.29, 1.82) is 0 Å². The van der Waals surface area contributed by atoms with Crippen molar-refractivity contribution >= 4 is 40.5 Å². The number of carbonyl (C=O) groups is 5. The number of aryl methyl sites for hydroxylation is 1. The third-order valence-electron chi connectivity index (χ3n) is 13.3. The molecule has 5 N–H and O–H groups in total. The highest BCUT2D eigenvalue weighted by Gasteiger charge is 2.49. The lowest BCUT2D eigenvalue weighted by atomic mass is 9.84. The summed E-state index contributed by atoms with van der Waals surface area (Å²) < 4.78 is 8.23. The molecule has 2 fully saturated rings. The van der Waals surface area contributed by atoms with Gasteiger partial charge in [-0.1, -0.05) is 46.4 Å². The van der Waals surface area contributed by atoms with Crippen LogP contribution in [0.1, 0.15) is 70.7 Å². The number of hydrogen-bond acceptors (Lipinski definition) is 12. The van der Waals surface area contributed by atoms with Gasteiger partial charge in [0.2, 0.25) is 17.5 Å². The number of fused-ring (bicyclic) bond motifs is 6. The van der Waals surface area contributed by atoms with E-state index in [0.717, 1.165) is 55.0 Å². The number of pyridine rings is 1. The standard InChI is InChI=1S/C51H66N8O9/c1-10-42(61)57-21-18-50(66,29-57)47(64)56(9)43(31(3)4)45(62)53-39-24-32-22-34(25-35(60)23-32)33-15-16-41-37(26-33)38(44(58(41)11-2)36-14-12-19-52-40(36)28-55(7)8)27-49(5,6)30-68-48(65)51(67)17-13-20-59(54-51)46(39)63/h10,12,14-16,19,22-23,25-26,31,39,43,54,60,66-67H,1,11,13,17-18,20-21,24,27-30H2,2-9H3,(H,53,62)/t39-,43-,50+,51-/m0/s1. The van der Waals surface area contributed by atoms with Gasteiger partial charge in [0.05, 0.1) is 24.5 Å². The van der Waals surface area contributed by atoms with E-state index in [9.17, 15) is 39.3 Å². The number of phenols is 1. The first-order chi connectivity index (χ1) is 32.1. The largest absolute Gasteiger partial charge is 0.508 e. The number of aromatic nitrogens is 2. The van der Waals surface area contributed by atoms with Crippen molar-refractivity contribution < 1.29 is 44.0 Å². The second kappa shape index (κ2) is 19.5. The normalized spacial score (nSPS) is 22.5. The molecule has 364 valence electrons. The van der Waals surface area contributed by atoms with Crippen LogP contribution in [0.2, 0.25) is 0 Å². The number of likely N-dealkylation sites (N-methyl/N-ethyl adjacent to an activating group) is 1. The zero-order chi connectivity index (χ0) is 49.5. The summed E-state index contributed by atoms with van der Waals surface area (Å²) in [6, 6.07) is 12.6. The number of rotatable bonds is 10. The molecule has 2 aromatic heterocycles. The Balaban J connectivity index is 1.33. The Hall–Kier alpha value is -6.14. The number of hydrogen-bond donors (Lipinski definition) is 5. The Kier molecular flexibility index (Phi) is 14.2. The molecule has 0 radical (unpaired) electrons. The molecule has 4 aromatic rings. The van der Waals surface area contributed by atoms with E-state index in [0.29, 0.717) is 30.6 Å². The maximum absolute atomic E-state index is 14.8. The van der Waals surface area contributed by atoms with E-state index in [2.05, 4.69) is 51.9 Å². The lowest BCUT2D eigenvalue weighted by molar-refractivity contribution is -0.189. The number of esters is 1. The fourth-order valence-corrected chi connectivity index (χ4v) is 10.1. The van der Waals surface area contributed by atoms with E-state index >= 15 is 0 Å². The lowest BCUT2D eigenvalue weighted by Crippen LogP contribution is -2.67. The number of nitrogens with zero attached hydrogens (tertiary/aromatic N) is 6. The molecule has 4 amide bonds. The van der Waals surface area contributed by atoms with Gasteiger partial charge < -0.3 is 44.6 Å². The van der Waals surface area contributed by atoms with Gasteiger partial charge in [-0.2, -0.15) is 5.43 Å². The van der Waals surface area contributed by atoms with Crippen molar-refractivity contribution in [2.45, 2.75) is 103 Å². The molecule has 5 heterocycles. The smallest absolute Gasteiger partial charge is 0.355 e. The van der Waals surface area contributed by atoms with Crippen molar-refractivity contribution in [3.05, 3.63) is 84.2 Å². The van der Waals surface area contributed by atoms with Crippen molar-refractivity contribution in [2.24, 2.45) is 11.3 Å². The number of amides is 4. The third-order valence-corrected chi connectivity index (χ3v) is 13.3. The molecule has 6 bridgehead atoms. The molecule has 4 atom stereocenters. The van der Waals surface area contributed by atoms with Gasteiger partial charge in [0.15, 0.2) is 5.60 Å². The zero-order valence-electron chi connectivity index (χ0n) is 40.5. The molecule has 0 spiro atoms. The predicted molar refractivity (Wildman–Crippen MR) is 256 cm³/mol. The Bertz CT molecular complexity index is 2620. The monoisotopic (exact) mass is 934 g/mol. The second-order valence-corrected chi connectivity index (χ2v) is 20.0. The summed E-state index contributed by atoms with van der Waals surface area (Å²) in [7, 11) is 5.39. The average Bonchev–Trinajstić information content (AvgIpc) is 3.84. The number of ether oxygens (including phenoxy) is 1. The highest BCUT2D eigenvalue weighted by Crippen LogP contribution is 2.41. The number of phenolic OH excluding ortho intramolecular Hbond substituents is 1. The summed E-state index contributed by atoms with van der Waals surface area (Å²) in [4.78, 5) is 79.0. The molecule has 17 nitrogen and oxygen atoms in total. The van der Waals surface area contributed by atoms with Gasteiger partial charge in [-0.25, -0.2) is 4.79 Å². The Labute approximate surface area is 397 Å². The number of carbonyl (C=O) groups excluding carboxylic acids is 5. The van der Waals surface area contributed by atoms with Gasteiger partial charge in [-0.05, 0) is 105 Å². The van der Waals surface area contributed by atoms with Crippen LogP contribution in [-0.2, 0) is 54.6 Å². The van der Waals surface area contributed by atoms with Crippen LogP contribution in [-0.4, -0.2) is 145 Å². The number of nitrogens with one attached hydrogen (secondary N) is 2. The van der Waals surface area contributed by atoms with E-state index in [1.54, 1.807) is 26.1 Å². The molecule has 3 aliphatic heterocycles. The van der Waals surface area contributed by atoms with Crippen molar-refractivity contribution in [2.75, 3.05) is 47.4 Å². The van der Waals surface area contributed by atoms with E-state index in [1.165, 1.54) is 18.0 Å². The van der Waals surface area contributed by atoms with Crippen LogP contribution in [0.3, 0.4) is 0 Å². The van der Waals surface area contributed by atoms with E-state index in [4.69, 9.17) is 9.72 Å². The number of hydrazine groups is 1. The van der Waals surface area contributed by atoms with Crippen LogP contribution in [0.5, 0.6) is 5.75 Å². The quantitative estimate of drug-likeness (QED) is 0.114. The Morgan fingerprint density at radius 2 is 1.79 bits per heavy atom. The minimum absolute atomic E-state index is 0.0470. The minimum atomic E-state index is -2.29. The predicted octanol–water partition coefficient (Wildman–Crippen LogP) is 3.76. The fraction of sp³-hybridized carbons (Fsp3) is 0.490. The molecule has 0 saturated carbocycles. The summed E-state index contributed by atoms with van der Waals surface area (Å²) in [5.41, 5.74) is 4.59. The Morgan fingerprint density at radius 1 is 1.04 bits per heavy atom. The lowest BCUT2D eigenvalue weighted by Gasteiger charge is -2.40. The van der Waals surface area contributed by atoms with E-state index in [1.807, 2.05) is 46.1 Å². The van der Waals surface area contributed by atoms with Crippen LogP contribution in [0, 0.1) is 11.3 Å². The zero-order valence-corrected chi connectivity index (χ0v) is 40.5. The molecule has 3 aliphatic rings. The molecular formula is C51H66N8O9. The van der Waals surface area contributed by atoms with Crippen LogP contribution in [0.25, 0.3) is 33.3 Å². The van der Waals surface area contributed by atoms with Gasteiger partial charge in [-0.15, -0.1) is 0 Å². The van der Waals surface area contributed by atoms with Gasteiger partial charge in [0, 0.05) is 80.6 Å². The second-order valence-electron chi connectivity index (χ2n) is 20.0. The van der Waals surface area contributed by atoms with Gasteiger partial charge in [0.25, 0.3) is 11.8 Å². The first-order valence-corrected chi connectivity index (χ1v) is 23.4. The summed E-state index contributed by atoms with van der Waals surface area (Å²) in [6.07, 6.45) is 3.32. The van der Waals surface area contributed by atoms with Crippen LogP contribution in [0.4, 0.5) is 0 Å². The summed E-state index contributed by atoms with van der Waals surface area (Å²) in [6.45, 7) is 14.1. The first-order valence-electron chi connectivity index (χ1n) is 23.4. The topological polar surface area (TPSA) is 210 Å². The first kappa shape index (κ1) is 49.8. The summed E-state index contributed by atoms with van der Waals surface area (Å²) in [5.74, 6) is -4.14. The van der Waals surface area contributed by atoms with Gasteiger partial charge >= 0.3 is 5.97 Å². The van der Waals surface area contributed by atoms with E-state index in [-0.39, 0.29) is 57.7 Å². The molecule has 2 aromatic carbocycles. The SMILES string of the molecule is C=CC(=O)N1CC[C@](O)(C(=O)N(C)[C@H](C(=O)N[C@H]2Cc3cc(O)cc(c3)-c3ccc4c(c3)c(c(-c3cccnc3CN(C)C)n4CC)CC(C)(C)COC(=O)[C@@]3(O)CCCN(N3)C2=O)C(C)C)C1. The summed E-state index contributed by atoms with van der Waals surface area (Å²) in [5, 5.41) is 39.6. The van der Waals surface area contributed by atoms with Gasteiger partial charge in [0.1, 0.15) is 17.8 Å². The number of β-amino-alcohol motifs (C(OH)–C–C–N with tert-alkyl or cyclic N) is 1. The number of benzene rings is 2. The van der Waals surface area contributed by atoms with E-state index < -0.39 is 64.3 Å². The highest BCUT2D eigenvalue weighted by molar-refractivity contribution is 5.97. The maximum atomic E-state index is 14.8. The molecule has 7 rings (SSSR count). The molecule has 0 aliphatic carbocycles. The molecular weight excluding hydrogens is 869 g/mol. The molecule has 17 heteroatoms. The number of cyclic esters (lactones) is 1.